The second kappa shape index (κ2) is 9.37. The second-order valence-electron chi connectivity index (χ2n) is 8.43. The van der Waals surface area contributed by atoms with Crippen molar-refractivity contribution in [1.29, 1.82) is 0 Å². The summed E-state index contributed by atoms with van der Waals surface area (Å²) in [6.07, 6.45) is 10.4. The van der Waals surface area contributed by atoms with Crippen molar-refractivity contribution in [3.8, 4) is 5.75 Å². The third kappa shape index (κ3) is 5.16. The molecule has 7 heteroatoms. The average Bonchev–Trinajstić information content (AvgIpc) is 3.64. The molecule has 0 aliphatic heterocycles. The quantitative estimate of drug-likeness (QED) is 0.716. The molecule has 0 spiro atoms. The number of carbonyl (C=O) groups excluding carboxylic acids is 2. The van der Waals surface area contributed by atoms with E-state index in [2.05, 4.69) is 10.6 Å². The SMILES string of the molecule is COc1ccc(CNC(=O)c2cn(C3CC3)cc(C(=O)NC3CCCCC3)c2=O)cc1. The number of ether oxygens (including phenoxy) is 1. The summed E-state index contributed by atoms with van der Waals surface area (Å²) in [6, 6.07) is 7.69. The van der Waals surface area contributed by atoms with Crippen LogP contribution >= 0.6 is 0 Å². The molecule has 0 atom stereocenters. The number of hydrogen-bond donors (Lipinski definition) is 2. The number of methoxy groups -OCH3 is 1. The number of nitrogens with zero attached hydrogens (tertiary/aromatic N) is 1. The third-order valence-corrected chi connectivity index (χ3v) is 6.06. The maximum absolute atomic E-state index is 13.0. The lowest BCUT2D eigenvalue weighted by Gasteiger charge is -2.23. The fourth-order valence-corrected chi connectivity index (χ4v) is 4.04. The zero-order valence-electron chi connectivity index (χ0n) is 17.9. The Bertz CT molecular complexity index is 1000. The minimum absolute atomic E-state index is 0.0108. The molecule has 1 heterocycles. The Morgan fingerprint density at radius 1 is 0.968 bits per heavy atom. The summed E-state index contributed by atoms with van der Waals surface area (Å²) in [5.41, 5.74) is 0.437. The molecular weight excluding hydrogens is 394 g/mol. The van der Waals surface area contributed by atoms with Gasteiger partial charge in [0.2, 0.25) is 5.43 Å². The van der Waals surface area contributed by atoms with Gasteiger partial charge in [0, 0.05) is 31.0 Å². The molecule has 2 N–H and O–H groups in total. The van der Waals surface area contributed by atoms with E-state index in [9.17, 15) is 14.4 Å². The molecule has 2 fully saturated rings. The average molecular weight is 424 g/mol. The number of carbonyl (C=O) groups is 2. The third-order valence-electron chi connectivity index (χ3n) is 6.06. The van der Waals surface area contributed by atoms with Crippen LogP contribution in [0, 0.1) is 0 Å². The Hall–Kier alpha value is -3.09. The summed E-state index contributed by atoms with van der Waals surface area (Å²) in [5.74, 6) is -0.113. The maximum atomic E-state index is 13.0. The summed E-state index contributed by atoms with van der Waals surface area (Å²) < 4.78 is 6.99. The Morgan fingerprint density at radius 2 is 1.61 bits per heavy atom. The van der Waals surface area contributed by atoms with Crippen molar-refractivity contribution in [1.82, 2.24) is 15.2 Å². The first kappa shape index (κ1) is 21.2. The molecule has 1 aromatic carbocycles. The molecule has 4 rings (SSSR count). The second-order valence-corrected chi connectivity index (χ2v) is 8.43. The molecule has 1 aromatic heterocycles. The lowest BCUT2D eigenvalue weighted by atomic mass is 9.95. The van der Waals surface area contributed by atoms with Crippen molar-refractivity contribution < 1.29 is 14.3 Å². The Balaban J connectivity index is 1.52. The van der Waals surface area contributed by atoms with Gasteiger partial charge in [0.1, 0.15) is 16.9 Å². The predicted molar refractivity (Wildman–Crippen MR) is 117 cm³/mol. The number of pyridine rings is 1. The summed E-state index contributed by atoms with van der Waals surface area (Å²) in [5, 5.41) is 5.80. The summed E-state index contributed by atoms with van der Waals surface area (Å²) in [4.78, 5) is 38.7. The number of nitrogens with one attached hydrogen (secondary N) is 2. The minimum Gasteiger partial charge on any atom is -0.497 e. The first-order chi connectivity index (χ1) is 15.0. The molecule has 164 valence electrons. The molecule has 2 aromatic rings. The number of hydrogen-bond acceptors (Lipinski definition) is 4. The van der Waals surface area contributed by atoms with Crippen LogP contribution < -0.4 is 20.8 Å². The van der Waals surface area contributed by atoms with E-state index in [1.807, 2.05) is 28.8 Å². The highest BCUT2D eigenvalue weighted by atomic mass is 16.5. The van der Waals surface area contributed by atoms with Gasteiger partial charge in [-0.05, 0) is 43.4 Å². The smallest absolute Gasteiger partial charge is 0.257 e. The van der Waals surface area contributed by atoms with Crippen LogP contribution in [0.2, 0.25) is 0 Å². The van der Waals surface area contributed by atoms with Gasteiger partial charge in [0.25, 0.3) is 11.8 Å². The van der Waals surface area contributed by atoms with Gasteiger partial charge in [0.05, 0.1) is 7.11 Å². The highest BCUT2D eigenvalue weighted by Crippen LogP contribution is 2.34. The summed E-state index contributed by atoms with van der Waals surface area (Å²) in [6.45, 7) is 0.282. The molecule has 7 nitrogen and oxygen atoms in total. The van der Waals surface area contributed by atoms with Gasteiger partial charge < -0.3 is 19.9 Å². The van der Waals surface area contributed by atoms with Gasteiger partial charge in [-0.1, -0.05) is 31.4 Å². The molecule has 0 saturated heterocycles. The first-order valence-electron chi connectivity index (χ1n) is 11.0. The van der Waals surface area contributed by atoms with Crippen molar-refractivity contribution in [2.24, 2.45) is 0 Å². The highest BCUT2D eigenvalue weighted by Gasteiger charge is 2.28. The zero-order chi connectivity index (χ0) is 21.8. The van der Waals surface area contributed by atoms with Crippen molar-refractivity contribution in [3.63, 3.8) is 0 Å². The topological polar surface area (TPSA) is 89.4 Å². The first-order valence-corrected chi connectivity index (χ1v) is 11.0. The van der Waals surface area contributed by atoms with E-state index in [4.69, 9.17) is 4.74 Å². The van der Waals surface area contributed by atoms with Gasteiger partial charge in [-0.25, -0.2) is 0 Å². The molecular formula is C24H29N3O4. The van der Waals surface area contributed by atoms with Crippen molar-refractivity contribution in [2.75, 3.05) is 7.11 Å². The lowest BCUT2D eigenvalue weighted by Crippen LogP contribution is -2.40. The molecule has 2 aliphatic carbocycles. The van der Waals surface area contributed by atoms with Crippen LogP contribution in [-0.4, -0.2) is 29.5 Å². The van der Waals surface area contributed by atoms with Crippen LogP contribution in [-0.2, 0) is 6.54 Å². The Kier molecular flexibility index (Phi) is 6.39. The Labute approximate surface area is 181 Å². The molecule has 0 bridgehead atoms. The summed E-state index contributed by atoms with van der Waals surface area (Å²) >= 11 is 0. The fraction of sp³-hybridized carbons (Fsp3) is 0.458. The standard InChI is InChI=1S/C24H29N3O4/c1-31-19-11-7-16(8-12-19)13-25-23(29)20-14-27(18-9-10-18)15-21(22(20)28)24(30)26-17-5-3-2-4-6-17/h7-8,11-12,14-15,17-18H,2-6,9-10,13H2,1H3,(H,25,29)(H,26,30). The number of benzene rings is 1. The van der Waals surface area contributed by atoms with E-state index >= 15 is 0 Å². The van der Waals surface area contributed by atoms with E-state index in [0.717, 1.165) is 49.8 Å². The van der Waals surface area contributed by atoms with Crippen molar-refractivity contribution >= 4 is 11.8 Å². The molecule has 2 amide bonds. The number of aromatic nitrogens is 1. The van der Waals surface area contributed by atoms with Gasteiger partial charge in [0.15, 0.2) is 0 Å². The fourth-order valence-electron chi connectivity index (χ4n) is 4.04. The van der Waals surface area contributed by atoms with Crippen LogP contribution in [0.25, 0.3) is 0 Å². The van der Waals surface area contributed by atoms with Gasteiger partial charge in [-0.3, -0.25) is 14.4 Å². The molecule has 0 radical (unpaired) electrons. The van der Waals surface area contributed by atoms with Crippen LogP contribution in [0.15, 0.2) is 41.5 Å². The predicted octanol–water partition coefficient (Wildman–Crippen LogP) is 3.18. The van der Waals surface area contributed by atoms with E-state index < -0.39 is 11.3 Å². The minimum atomic E-state index is -0.516. The zero-order valence-corrected chi connectivity index (χ0v) is 17.9. The molecule has 2 aliphatic rings. The molecule has 31 heavy (non-hydrogen) atoms. The lowest BCUT2D eigenvalue weighted by molar-refractivity contribution is 0.0925. The van der Waals surface area contributed by atoms with Crippen LogP contribution in [0.1, 0.15) is 77.3 Å². The largest absolute Gasteiger partial charge is 0.497 e. The van der Waals surface area contributed by atoms with Crippen molar-refractivity contribution in [3.05, 3.63) is 63.6 Å². The maximum Gasteiger partial charge on any atom is 0.257 e. The molecule has 0 unspecified atom stereocenters. The molecule has 2 saturated carbocycles. The van der Waals surface area contributed by atoms with E-state index in [0.29, 0.717) is 0 Å². The van der Waals surface area contributed by atoms with Gasteiger partial charge >= 0.3 is 0 Å². The normalized spacial score (nSPS) is 16.5. The Morgan fingerprint density at radius 3 is 2.23 bits per heavy atom. The van der Waals surface area contributed by atoms with Gasteiger partial charge in [-0.15, -0.1) is 0 Å². The summed E-state index contributed by atoms with van der Waals surface area (Å²) in [7, 11) is 1.60. The van der Waals surface area contributed by atoms with Crippen LogP contribution in [0.5, 0.6) is 5.75 Å². The monoisotopic (exact) mass is 423 g/mol. The number of rotatable bonds is 7. The van der Waals surface area contributed by atoms with E-state index in [1.54, 1.807) is 19.5 Å². The highest BCUT2D eigenvalue weighted by molar-refractivity contribution is 5.99. The van der Waals surface area contributed by atoms with E-state index in [-0.39, 0.29) is 35.7 Å². The number of amides is 2. The van der Waals surface area contributed by atoms with Crippen molar-refractivity contribution in [2.45, 2.75) is 63.6 Å². The van der Waals surface area contributed by atoms with Crippen LogP contribution in [0.4, 0.5) is 0 Å². The van der Waals surface area contributed by atoms with Crippen LogP contribution in [0.3, 0.4) is 0 Å². The van der Waals surface area contributed by atoms with Gasteiger partial charge in [-0.2, -0.15) is 0 Å². The van der Waals surface area contributed by atoms with E-state index in [1.165, 1.54) is 6.42 Å².